The first-order valence-corrected chi connectivity index (χ1v) is 7.73. The second-order valence-corrected chi connectivity index (χ2v) is 5.28. The summed E-state index contributed by atoms with van der Waals surface area (Å²) in [7, 11) is 3.02. The smallest absolute Gasteiger partial charge is 0.229 e. The molecule has 1 heterocycles. The molecule has 0 aliphatic rings. The van der Waals surface area contributed by atoms with Crippen molar-refractivity contribution in [1.82, 2.24) is 15.3 Å². The molecule has 2 rings (SSSR count). The normalized spacial score (nSPS) is 11.0. The first-order chi connectivity index (χ1) is 12.5. The molecule has 0 amide bonds. The van der Waals surface area contributed by atoms with Crippen LogP contribution in [-0.4, -0.2) is 30.3 Å². The van der Waals surface area contributed by atoms with Gasteiger partial charge in [-0.15, -0.1) is 0 Å². The molecule has 0 fully saturated rings. The lowest BCUT2D eigenvalue weighted by molar-refractivity contribution is 0.381. The van der Waals surface area contributed by atoms with Crippen LogP contribution in [0.5, 0.6) is 5.75 Å². The topological polar surface area (TPSA) is 95.0 Å². The van der Waals surface area contributed by atoms with Gasteiger partial charge in [-0.05, 0) is 19.1 Å². The predicted molar refractivity (Wildman–Crippen MR) is 96.6 cm³/mol. The highest BCUT2D eigenvalue weighted by Gasteiger charge is 2.15. The summed E-state index contributed by atoms with van der Waals surface area (Å²) in [6.07, 6.45) is 4.25. The van der Waals surface area contributed by atoms with E-state index >= 15 is 0 Å². The Morgan fingerprint density at radius 1 is 1.35 bits per heavy atom. The molecule has 138 valence electrons. The van der Waals surface area contributed by atoms with Crippen LogP contribution in [0.3, 0.4) is 0 Å². The van der Waals surface area contributed by atoms with Crippen LogP contribution in [0.4, 0.5) is 20.5 Å². The van der Waals surface area contributed by atoms with E-state index in [4.69, 9.17) is 10.1 Å². The highest BCUT2D eigenvalue weighted by molar-refractivity contribution is 5.79. The summed E-state index contributed by atoms with van der Waals surface area (Å²) in [5.74, 6) is -0.803. The van der Waals surface area contributed by atoms with Crippen LogP contribution in [0.15, 0.2) is 30.2 Å². The number of allylic oxidation sites excluding steroid dienone is 1. The van der Waals surface area contributed by atoms with Crippen molar-refractivity contribution >= 4 is 18.0 Å². The van der Waals surface area contributed by atoms with Gasteiger partial charge in [-0.3, -0.25) is 0 Å². The molecule has 0 radical (unpaired) electrons. The van der Waals surface area contributed by atoms with Crippen molar-refractivity contribution in [1.29, 1.82) is 5.41 Å². The SMILES string of the molecule is CN/C=C(\C=N)Nc1ncc(C)c(NCc2c(F)ccc(OC)c2F)n1. The maximum atomic E-state index is 14.2. The second-order valence-electron chi connectivity index (χ2n) is 5.28. The Bertz CT molecular complexity index is 825. The Morgan fingerprint density at radius 2 is 2.12 bits per heavy atom. The lowest BCUT2D eigenvalue weighted by Crippen LogP contribution is -2.12. The zero-order valence-corrected chi connectivity index (χ0v) is 14.7. The van der Waals surface area contributed by atoms with Gasteiger partial charge in [0.25, 0.3) is 0 Å². The van der Waals surface area contributed by atoms with E-state index in [9.17, 15) is 8.78 Å². The molecule has 26 heavy (non-hydrogen) atoms. The van der Waals surface area contributed by atoms with E-state index < -0.39 is 11.6 Å². The molecule has 0 bridgehead atoms. The minimum atomic E-state index is -0.756. The van der Waals surface area contributed by atoms with Gasteiger partial charge in [0, 0.05) is 43.3 Å². The Hall–Kier alpha value is -3.23. The van der Waals surface area contributed by atoms with Crippen LogP contribution in [0.1, 0.15) is 11.1 Å². The third-order valence-corrected chi connectivity index (χ3v) is 3.49. The van der Waals surface area contributed by atoms with Gasteiger partial charge in [-0.2, -0.15) is 4.98 Å². The van der Waals surface area contributed by atoms with Gasteiger partial charge < -0.3 is 26.1 Å². The summed E-state index contributed by atoms with van der Waals surface area (Å²) < 4.78 is 33.0. The van der Waals surface area contributed by atoms with E-state index in [-0.39, 0.29) is 23.8 Å². The Balaban J connectivity index is 2.21. The molecule has 1 aromatic heterocycles. The van der Waals surface area contributed by atoms with Gasteiger partial charge >= 0.3 is 0 Å². The molecule has 0 aliphatic heterocycles. The van der Waals surface area contributed by atoms with E-state index in [0.717, 1.165) is 12.3 Å². The molecule has 0 spiro atoms. The number of aromatic nitrogens is 2. The lowest BCUT2D eigenvalue weighted by Gasteiger charge is -2.13. The fourth-order valence-electron chi connectivity index (χ4n) is 2.15. The summed E-state index contributed by atoms with van der Waals surface area (Å²) in [5, 5.41) is 15.9. The minimum absolute atomic E-state index is 0.0298. The number of hydrogen-bond donors (Lipinski definition) is 4. The first-order valence-electron chi connectivity index (χ1n) is 7.73. The second kappa shape index (κ2) is 8.75. The number of rotatable bonds is 8. The number of hydrogen-bond acceptors (Lipinski definition) is 7. The average Bonchev–Trinajstić information content (AvgIpc) is 2.63. The average molecular weight is 362 g/mol. The van der Waals surface area contributed by atoms with Crippen molar-refractivity contribution in [3.63, 3.8) is 0 Å². The van der Waals surface area contributed by atoms with Crippen LogP contribution in [0, 0.1) is 24.0 Å². The van der Waals surface area contributed by atoms with E-state index in [1.165, 1.54) is 13.2 Å². The third-order valence-electron chi connectivity index (χ3n) is 3.49. The molecule has 1 aromatic carbocycles. The van der Waals surface area contributed by atoms with Crippen LogP contribution < -0.4 is 20.7 Å². The summed E-state index contributed by atoms with van der Waals surface area (Å²) in [6.45, 7) is 1.65. The highest BCUT2D eigenvalue weighted by atomic mass is 19.1. The van der Waals surface area contributed by atoms with E-state index in [0.29, 0.717) is 17.1 Å². The molecule has 0 saturated heterocycles. The highest BCUT2D eigenvalue weighted by Crippen LogP contribution is 2.24. The molecule has 9 heteroatoms. The van der Waals surface area contributed by atoms with Crippen molar-refractivity contribution in [2.75, 3.05) is 24.8 Å². The number of nitrogens with one attached hydrogen (secondary N) is 4. The van der Waals surface area contributed by atoms with E-state index in [2.05, 4.69) is 25.9 Å². The lowest BCUT2D eigenvalue weighted by atomic mass is 10.1. The molecular weight excluding hydrogens is 342 g/mol. The number of aryl methyl sites for hydroxylation is 1. The largest absolute Gasteiger partial charge is 0.494 e. The summed E-state index contributed by atoms with van der Waals surface area (Å²) in [6, 6.07) is 2.39. The fraction of sp³-hybridized carbons (Fsp3) is 0.235. The van der Waals surface area contributed by atoms with Gasteiger partial charge in [-0.25, -0.2) is 13.8 Å². The van der Waals surface area contributed by atoms with Gasteiger partial charge in [0.2, 0.25) is 5.95 Å². The van der Waals surface area contributed by atoms with Crippen LogP contribution in [0.2, 0.25) is 0 Å². The number of benzene rings is 1. The molecule has 7 nitrogen and oxygen atoms in total. The number of methoxy groups -OCH3 is 1. The van der Waals surface area contributed by atoms with Crippen molar-refractivity contribution in [3.8, 4) is 5.75 Å². The molecule has 4 N–H and O–H groups in total. The predicted octanol–water partition coefficient (Wildman–Crippen LogP) is 2.81. The number of halogens is 2. The Kier molecular flexibility index (Phi) is 6.42. The van der Waals surface area contributed by atoms with Gasteiger partial charge in [0.05, 0.1) is 12.8 Å². The van der Waals surface area contributed by atoms with E-state index in [1.54, 1.807) is 26.4 Å². The fourth-order valence-corrected chi connectivity index (χ4v) is 2.15. The molecule has 2 aromatic rings. The zero-order chi connectivity index (χ0) is 19.1. The van der Waals surface area contributed by atoms with Crippen molar-refractivity contribution in [3.05, 3.63) is 53.0 Å². The van der Waals surface area contributed by atoms with Crippen LogP contribution in [-0.2, 0) is 6.54 Å². The summed E-state index contributed by atoms with van der Waals surface area (Å²) in [4.78, 5) is 8.40. The van der Waals surface area contributed by atoms with Crippen molar-refractivity contribution < 1.29 is 13.5 Å². The van der Waals surface area contributed by atoms with Gasteiger partial charge in [0.1, 0.15) is 11.6 Å². The van der Waals surface area contributed by atoms with Gasteiger partial charge in [0.15, 0.2) is 11.6 Å². The minimum Gasteiger partial charge on any atom is -0.494 e. The molecule has 0 unspecified atom stereocenters. The molecular formula is C17H20F2N6O. The number of ether oxygens (including phenoxy) is 1. The van der Waals surface area contributed by atoms with Gasteiger partial charge in [-0.1, -0.05) is 0 Å². The quantitative estimate of drug-likeness (QED) is 0.540. The third kappa shape index (κ3) is 4.44. The number of nitrogens with zero attached hydrogens (tertiary/aromatic N) is 2. The van der Waals surface area contributed by atoms with Crippen LogP contribution >= 0.6 is 0 Å². The van der Waals surface area contributed by atoms with E-state index in [1.807, 2.05) is 0 Å². The summed E-state index contributed by atoms with van der Waals surface area (Å²) >= 11 is 0. The number of anilines is 2. The standard InChI is InChI=1S/C17H20F2N6O/c1-10-7-23-17(24-11(6-20)8-21-2)25-16(10)22-9-12-13(18)4-5-14(26-3)15(12)19/h4-8,20-21H,9H2,1-3H3,(H2,22,23,24,25)/b11-8+,20-6?. The zero-order valence-electron chi connectivity index (χ0n) is 14.7. The maximum Gasteiger partial charge on any atom is 0.229 e. The molecule has 0 atom stereocenters. The Labute approximate surface area is 150 Å². The van der Waals surface area contributed by atoms with Crippen molar-refractivity contribution in [2.24, 2.45) is 0 Å². The maximum absolute atomic E-state index is 14.2. The molecule has 0 saturated carbocycles. The summed E-state index contributed by atoms with van der Waals surface area (Å²) in [5.41, 5.74) is 1.01. The first kappa shape index (κ1) is 19.1. The Morgan fingerprint density at radius 3 is 2.77 bits per heavy atom. The molecule has 0 aliphatic carbocycles. The van der Waals surface area contributed by atoms with Crippen LogP contribution in [0.25, 0.3) is 0 Å². The van der Waals surface area contributed by atoms with Crippen molar-refractivity contribution in [2.45, 2.75) is 13.5 Å². The monoisotopic (exact) mass is 362 g/mol.